The van der Waals surface area contributed by atoms with E-state index in [9.17, 15) is 0 Å². The summed E-state index contributed by atoms with van der Waals surface area (Å²) in [5.41, 5.74) is 2.04. The third-order valence-corrected chi connectivity index (χ3v) is 4.35. The lowest BCUT2D eigenvalue weighted by molar-refractivity contribution is 0.768. The van der Waals surface area contributed by atoms with Crippen molar-refractivity contribution in [3.63, 3.8) is 0 Å². The van der Waals surface area contributed by atoms with Crippen LogP contribution in [0.2, 0.25) is 0 Å². The van der Waals surface area contributed by atoms with E-state index in [-0.39, 0.29) is 0 Å². The number of thiophene rings is 1. The molecular weight excluding hydrogens is 280 g/mol. The Morgan fingerprint density at radius 2 is 2.16 bits per heavy atom. The Bertz CT molecular complexity index is 838. The maximum atomic E-state index is 4.58. The zero-order valence-electron chi connectivity index (χ0n) is 9.89. The fourth-order valence-corrected chi connectivity index (χ4v) is 3.39. The van der Waals surface area contributed by atoms with Crippen LogP contribution in [0.3, 0.4) is 0 Å². The van der Waals surface area contributed by atoms with Crippen molar-refractivity contribution in [3.05, 3.63) is 29.2 Å². The molecule has 0 saturated carbocycles. The van der Waals surface area contributed by atoms with Crippen molar-refractivity contribution in [2.45, 2.75) is 0 Å². The van der Waals surface area contributed by atoms with E-state index in [0.29, 0.717) is 0 Å². The summed E-state index contributed by atoms with van der Waals surface area (Å²) >= 11 is 3.19. The predicted molar refractivity (Wildman–Crippen MR) is 74.2 cm³/mol. The minimum Gasteiger partial charge on any atom is -0.275 e. The monoisotopic (exact) mass is 288 g/mol. The molecule has 6 nitrogen and oxygen atoms in total. The summed E-state index contributed by atoms with van der Waals surface area (Å²) < 4.78 is 3.51. The maximum Gasteiger partial charge on any atom is 0.235 e. The van der Waals surface area contributed by atoms with Crippen LogP contribution in [0.1, 0.15) is 0 Å². The summed E-state index contributed by atoms with van der Waals surface area (Å²) in [5, 5.41) is 22.1. The lowest BCUT2D eigenvalue weighted by Crippen LogP contribution is -1.89. The van der Waals surface area contributed by atoms with Crippen molar-refractivity contribution in [2.75, 3.05) is 0 Å². The summed E-state index contributed by atoms with van der Waals surface area (Å²) in [4.78, 5) is 0.792. The molecule has 8 heteroatoms. The van der Waals surface area contributed by atoms with E-state index in [0.717, 1.165) is 26.9 Å². The van der Waals surface area contributed by atoms with Crippen molar-refractivity contribution in [2.24, 2.45) is 7.05 Å². The Labute approximate surface area is 116 Å². The van der Waals surface area contributed by atoms with Crippen LogP contribution < -0.4 is 0 Å². The van der Waals surface area contributed by atoms with Crippen LogP contribution >= 0.6 is 22.7 Å². The van der Waals surface area contributed by atoms with Crippen LogP contribution in [-0.2, 0) is 7.05 Å². The zero-order chi connectivity index (χ0) is 12.8. The zero-order valence-corrected chi connectivity index (χ0v) is 11.5. The Morgan fingerprint density at radius 1 is 1.21 bits per heavy atom. The molecule has 0 aliphatic rings. The first-order valence-electron chi connectivity index (χ1n) is 5.55. The number of hydrogen-bond donors (Lipinski definition) is 0. The summed E-state index contributed by atoms with van der Waals surface area (Å²) in [6, 6.07) is 2.06. The number of nitrogens with zero attached hydrogens (tertiary/aromatic N) is 6. The first-order valence-corrected chi connectivity index (χ1v) is 7.31. The number of fused-ring (bicyclic) bond motifs is 1. The SMILES string of the molecule is Cn1cc(-c2nnc3sc(-c4ccsc4)nn23)cn1. The Hall–Kier alpha value is -2.06. The van der Waals surface area contributed by atoms with Gasteiger partial charge in [-0.05, 0) is 11.4 Å². The summed E-state index contributed by atoms with van der Waals surface area (Å²) in [6.07, 6.45) is 3.67. The van der Waals surface area contributed by atoms with Gasteiger partial charge in [-0.25, -0.2) is 0 Å². The molecule has 0 bridgehead atoms. The molecule has 0 N–H and O–H groups in total. The van der Waals surface area contributed by atoms with Gasteiger partial charge >= 0.3 is 0 Å². The average Bonchev–Trinajstić information content (AvgIpc) is 3.11. The van der Waals surface area contributed by atoms with Gasteiger partial charge < -0.3 is 0 Å². The average molecular weight is 288 g/mol. The molecule has 4 heterocycles. The van der Waals surface area contributed by atoms with E-state index >= 15 is 0 Å². The summed E-state index contributed by atoms with van der Waals surface area (Å²) in [7, 11) is 1.87. The van der Waals surface area contributed by atoms with Gasteiger partial charge in [-0.3, -0.25) is 4.68 Å². The topological polar surface area (TPSA) is 60.9 Å². The first kappa shape index (κ1) is 10.8. The molecule has 4 aromatic heterocycles. The van der Waals surface area contributed by atoms with Crippen LogP contribution in [-0.4, -0.2) is 29.6 Å². The van der Waals surface area contributed by atoms with E-state index in [4.69, 9.17) is 0 Å². The van der Waals surface area contributed by atoms with E-state index < -0.39 is 0 Å². The van der Waals surface area contributed by atoms with Crippen LogP contribution in [0.15, 0.2) is 29.2 Å². The van der Waals surface area contributed by atoms with Gasteiger partial charge in [-0.15, -0.1) is 10.2 Å². The minimum absolute atomic E-state index is 0.723. The van der Waals surface area contributed by atoms with Crippen LogP contribution in [0, 0.1) is 0 Å². The highest BCUT2D eigenvalue weighted by atomic mass is 32.1. The van der Waals surface area contributed by atoms with E-state index in [2.05, 4.69) is 31.8 Å². The predicted octanol–water partition coefficient (Wildman–Crippen LogP) is 2.31. The van der Waals surface area contributed by atoms with Gasteiger partial charge in [-0.1, -0.05) is 11.3 Å². The largest absolute Gasteiger partial charge is 0.275 e. The van der Waals surface area contributed by atoms with Crippen molar-refractivity contribution in [3.8, 4) is 22.0 Å². The molecule has 0 aromatic carbocycles. The van der Waals surface area contributed by atoms with E-state index in [1.807, 2.05) is 18.6 Å². The number of aryl methyl sites for hydroxylation is 1. The fraction of sp³-hybridized carbons (Fsp3) is 0.0909. The lowest BCUT2D eigenvalue weighted by Gasteiger charge is -1.90. The molecule has 19 heavy (non-hydrogen) atoms. The van der Waals surface area contributed by atoms with Crippen molar-refractivity contribution < 1.29 is 0 Å². The van der Waals surface area contributed by atoms with Gasteiger partial charge in [0, 0.05) is 24.2 Å². The quantitative estimate of drug-likeness (QED) is 0.568. The highest BCUT2D eigenvalue weighted by Gasteiger charge is 2.15. The van der Waals surface area contributed by atoms with Gasteiger partial charge in [-0.2, -0.15) is 26.0 Å². The summed E-state index contributed by atoms with van der Waals surface area (Å²) in [5.74, 6) is 0.723. The van der Waals surface area contributed by atoms with Crippen molar-refractivity contribution in [1.29, 1.82) is 0 Å². The highest BCUT2D eigenvalue weighted by Crippen LogP contribution is 2.28. The molecule has 0 atom stereocenters. The molecule has 94 valence electrons. The second-order valence-electron chi connectivity index (χ2n) is 4.04. The van der Waals surface area contributed by atoms with Crippen LogP contribution in [0.25, 0.3) is 26.9 Å². The number of hydrogen-bond acceptors (Lipinski definition) is 6. The first-order chi connectivity index (χ1) is 9.31. The highest BCUT2D eigenvalue weighted by molar-refractivity contribution is 7.20. The second kappa shape index (κ2) is 3.97. The molecule has 0 radical (unpaired) electrons. The molecule has 0 aliphatic heterocycles. The van der Waals surface area contributed by atoms with Gasteiger partial charge in [0.05, 0.1) is 11.8 Å². The van der Waals surface area contributed by atoms with Gasteiger partial charge in [0.2, 0.25) is 4.96 Å². The van der Waals surface area contributed by atoms with Gasteiger partial charge in [0.15, 0.2) is 5.82 Å². The lowest BCUT2D eigenvalue weighted by atomic mass is 10.3. The molecule has 0 amide bonds. The molecule has 4 aromatic rings. The fourth-order valence-electron chi connectivity index (χ4n) is 1.84. The normalized spacial score (nSPS) is 11.4. The van der Waals surface area contributed by atoms with E-state index in [1.165, 1.54) is 11.3 Å². The Morgan fingerprint density at radius 3 is 2.89 bits per heavy atom. The molecular formula is C11H8N6S2. The number of rotatable bonds is 2. The molecule has 0 spiro atoms. The van der Waals surface area contributed by atoms with Crippen molar-refractivity contribution in [1.82, 2.24) is 29.6 Å². The Kier molecular flexibility index (Phi) is 2.26. The Balaban J connectivity index is 1.89. The second-order valence-corrected chi connectivity index (χ2v) is 5.78. The summed E-state index contributed by atoms with van der Waals surface area (Å²) in [6.45, 7) is 0. The maximum absolute atomic E-state index is 4.58. The molecule has 0 fully saturated rings. The standard InChI is InChI=1S/C11H8N6S2/c1-16-5-8(4-12-16)9-13-14-11-17(9)15-10(19-11)7-2-3-18-6-7/h2-6H,1H3. The third-order valence-electron chi connectivity index (χ3n) is 2.72. The smallest absolute Gasteiger partial charge is 0.235 e. The molecule has 0 saturated heterocycles. The van der Waals surface area contributed by atoms with Gasteiger partial charge in [0.1, 0.15) is 5.01 Å². The van der Waals surface area contributed by atoms with Gasteiger partial charge in [0.25, 0.3) is 0 Å². The van der Waals surface area contributed by atoms with Crippen LogP contribution in [0.4, 0.5) is 0 Å². The molecule has 0 unspecified atom stereocenters. The van der Waals surface area contributed by atoms with Crippen molar-refractivity contribution >= 4 is 27.6 Å². The number of aromatic nitrogens is 6. The molecule has 4 rings (SSSR count). The third kappa shape index (κ3) is 1.68. The minimum atomic E-state index is 0.723. The molecule has 0 aliphatic carbocycles. The van der Waals surface area contributed by atoms with E-state index in [1.54, 1.807) is 26.7 Å². The van der Waals surface area contributed by atoms with Crippen LogP contribution in [0.5, 0.6) is 0 Å².